The van der Waals surface area contributed by atoms with Crippen LogP contribution in [0.15, 0.2) is 35.3 Å². The molecule has 0 radical (unpaired) electrons. The van der Waals surface area contributed by atoms with E-state index >= 15 is 0 Å². The SMILES string of the molecule is C[C@@H](NC(=O)c1cn([C@@H]2CC2(F)F)c(=O)cc1N[C@H]1[C@@H]2CN(C)C[C@@H]21)c1cccc(C(F)(F)F)c1F. The van der Waals surface area contributed by atoms with Gasteiger partial charge in [-0.3, -0.25) is 9.59 Å². The molecule has 1 saturated heterocycles. The first-order valence-corrected chi connectivity index (χ1v) is 11.5. The molecule has 0 spiro atoms. The van der Waals surface area contributed by atoms with Gasteiger partial charge < -0.3 is 20.1 Å². The maximum Gasteiger partial charge on any atom is 0.419 e. The van der Waals surface area contributed by atoms with Gasteiger partial charge in [-0.2, -0.15) is 13.2 Å². The average molecular weight is 514 g/mol. The normalized spacial score (nSPS) is 27.3. The van der Waals surface area contributed by atoms with Crippen LogP contribution in [-0.2, 0) is 6.18 Å². The van der Waals surface area contributed by atoms with Crippen molar-refractivity contribution in [1.82, 2.24) is 14.8 Å². The first-order chi connectivity index (χ1) is 16.8. The molecule has 6 nitrogen and oxygen atoms in total. The van der Waals surface area contributed by atoms with Crippen molar-refractivity contribution in [1.29, 1.82) is 0 Å². The Labute approximate surface area is 202 Å². The number of halogens is 6. The van der Waals surface area contributed by atoms with E-state index in [0.717, 1.165) is 42.1 Å². The second kappa shape index (κ2) is 8.25. The van der Waals surface area contributed by atoms with E-state index in [1.807, 2.05) is 7.05 Å². The second-order valence-electron chi connectivity index (χ2n) is 9.95. The number of anilines is 1. The number of nitrogens with one attached hydrogen (secondary N) is 2. The van der Waals surface area contributed by atoms with Crippen molar-refractivity contribution in [2.45, 2.75) is 43.6 Å². The standard InChI is InChI=1S/C24H24F6N4O2/c1-11(12-4-3-5-16(20(12)25)24(28,29)30)31-22(36)15-10-34(18-7-23(18,26)27)19(35)6-17(15)32-21-13-8-33(2)9-14(13)21/h3-6,10-11,13-14,18,21,32H,7-9H2,1-2H3,(H,31,36)/t11-,13-,14+,18-,21+/m1/s1. The summed E-state index contributed by atoms with van der Waals surface area (Å²) < 4.78 is 82.2. The first kappa shape index (κ1) is 24.7. The zero-order valence-corrected chi connectivity index (χ0v) is 19.4. The zero-order chi connectivity index (χ0) is 26.2. The lowest BCUT2D eigenvalue weighted by Gasteiger charge is -2.20. The molecule has 2 aliphatic carbocycles. The van der Waals surface area contributed by atoms with Crippen LogP contribution < -0.4 is 16.2 Å². The van der Waals surface area contributed by atoms with E-state index in [4.69, 9.17) is 0 Å². The van der Waals surface area contributed by atoms with E-state index in [1.165, 1.54) is 6.92 Å². The number of carbonyl (C=O) groups excluding carboxylic acids is 1. The Morgan fingerprint density at radius 3 is 2.42 bits per heavy atom. The molecule has 5 atom stereocenters. The predicted molar refractivity (Wildman–Crippen MR) is 118 cm³/mol. The molecule has 1 amide bonds. The number of amides is 1. The molecular weight excluding hydrogens is 490 g/mol. The van der Waals surface area contributed by atoms with Gasteiger partial charge in [0.2, 0.25) is 0 Å². The summed E-state index contributed by atoms with van der Waals surface area (Å²) in [5, 5.41) is 5.63. The maximum absolute atomic E-state index is 14.6. The largest absolute Gasteiger partial charge is 0.419 e. The highest BCUT2D eigenvalue weighted by Gasteiger charge is 2.59. The van der Waals surface area contributed by atoms with Crippen molar-refractivity contribution >= 4 is 11.6 Å². The van der Waals surface area contributed by atoms with Crippen LogP contribution in [0.2, 0.25) is 0 Å². The molecule has 1 aromatic carbocycles. The third-order valence-electron chi connectivity index (χ3n) is 7.30. The van der Waals surface area contributed by atoms with Crippen LogP contribution in [-0.4, -0.2) is 47.5 Å². The highest BCUT2D eigenvalue weighted by molar-refractivity contribution is 5.99. The van der Waals surface area contributed by atoms with Crippen LogP contribution in [0.3, 0.4) is 0 Å². The van der Waals surface area contributed by atoms with Crippen molar-refractivity contribution in [3.05, 3.63) is 63.3 Å². The highest BCUT2D eigenvalue weighted by atomic mass is 19.4. The number of hydrogen-bond donors (Lipinski definition) is 2. The number of aromatic nitrogens is 1. The summed E-state index contributed by atoms with van der Waals surface area (Å²) in [5.74, 6) is -4.77. The molecule has 2 aromatic rings. The number of benzene rings is 1. The fourth-order valence-corrected chi connectivity index (χ4v) is 5.18. The zero-order valence-electron chi connectivity index (χ0n) is 19.4. The summed E-state index contributed by atoms with van der Waals surface area (Å²) in [6.07, 6.45) is -4.40. The number of carbonyl (C=O) groups is 1. The smallest absolute Gasteiger partial charge is 0.381 e. The van der Waals surface area contributed by atoms with Gasteiger partial charge >= 0.3 is 6.18 Å². The van der Waals surface area contributed by atoms with Gasteiger partial charge in [0.25, 0.3) is 17.4 Å². The van der Waals surface area contributed by atoms with Crippen molar-refractivity contribution < 1.29 is 31.1 Å². The Hall–Kier alpha value is -3.02. The summed E-state index contributed by atoms with van der Waals surface area (Å²) in [6, 6.07) is 1.31. The molecule has 0 bridgehead atoms. The van der Waals surface area contributed by atoms with E-state index < -0.39 is 53.5 Å². The average Bonchev–Trinajstić information content (AvgIpc) is 3.54. The van der Waals surface area contributed by atoms with Gasteiger partial charge in [0.05, 0.1) is 22.9 Å². The monoisotopic (exact) mass is 514 g/mol. The Morgan fingerprint density at radius 2 is 1.83 bits per heavy atom. The maximum atomic E-state index is 14.6. The molecule has 2 N–H and O–H groups in total. The lowest BCUT2D eigenvalue weighted by Crippen LogP contribution is -2.32. The minimum absolute atomic E-state index is 0.00343. The fourth-order valence-electron chi connectivity index (χ4n) is 5.18. The summed E-state index contributed by atoms with van der Waals surface area (Å²) >= 11 is 0. The minimum Gasteiger partial charge on any atom is -0.381 e. The van der Waals surface area contributed by atoms with Crippen molar-refractivity contribution in [3.8, 4) is 0 Å². The Kier molecular flexibility index (Phi) is 5.66. The fraction of sp³-hybridized carbons (Fsp3) is 0.500. The van der Waals surface area contributed by atoms with E-state index in [2.05, 4.69) is 15.5 Å². The summed E-state index contributed by atoms with van der Waals surface area (Å²) in [6.45, 7) is 2.98. The van der Waals surface area contributed by atoms with Gasteiger partial charge in [-0.15, -0.1) is 0 Å². The number of hydrogen-bond acceptors (Lipinski definition) is 4. The summed E-state index contributed by atoms with van der Waals surface area (Å²) in [7, 11) is 1.98. The molecule has 1 aliphatic heterocycles. The first-order valence-electron chi connectivity index (χ1n) is 11.5. The number of likely N-dealkylation sites (tertiary alicyclic amines) is 1. The topological polar surface area (TPSA) is 66.4 Å². The van der Waals surface area contributed by atoms with Crippen LogP contribution in [0.4, 0.5) is 32.0 Å². The lowest BCUT2D eigenvalue weighted by molar-refractivity contribution is -0.140. The Morgan fingerprint density at radius 1 is 1.19 bits per heavy atom. The predicted octanol–water partition coefficient (Wildman–Crippen LogP) is 4.05. The van der Waals surface area contributed by atoms with Gasteiger partial charge in [0.1, 0.15) is 11.9 Å². The number of fused-ring (bicyclic) bond motifs is 1. The quantitative estimate of drug-likeness (QED) is 0.571. The van der Waals surface area contributed by atoms with Crippen molar-refractivity contribution in [3.63, 3.8) is 0 Å². The van der Waals surface area contributed by atoms with E-state index in [1.54, 1.807) is 0 Å². The lowest BCUT2D eigenvalue weighted by atomic mass is 10.0. The molecule has 36 heavy (non-hydrogen) atoms. The molecule has 1 aromatic heterocycles. The van der Waals surface area contributed by atoms with Crippen LogP contribution in [0.25, 0.3) is 0 Å². The summed E-state index contributed by atoms with van der Waals surface area (Å²) in [5.41, 5.74) is -2.50. The van der Waals surface area contributed by atoms with E-state index in [-0.39, 0.29) is 22.9 Å². The van der Waals surface area contributed by atoms with Crippen molar-refractivity contribution in [2.75, 3.05) is 25.5 Å². The molecular formula is C24H24F6N4O2. The van der Waals surface area contributed by atoms with Crippen molar-refractivity contribution in [2.24, 2.45) is 11.8 Å². The molecule has 3 fully saturated rings. The van der Waals surface area contributed by atoms with Crippen LogP contribution in [0, 0.1) is 17.7 Å². The Bertz CT molecular complexity index is 1260. The second-order valence-corrected chi connectivity index (χ2v) is 9.95. The molecule has 0 unspecified atom stereocenters. The number of piperidine rings is 1. The highest BCUT2D eigenvalue weighted by Crippen LogP contribution is 2.52. The van der Waals surface area contributed by atoms with Gasteiger partial charge in [-0.05, 0) is 31.9 Å². The number of rotatable bonds is 6. The third-order valence-corrected chi connectivity index (χ3v) is 7.30. The molecule has 2 heterocycles. The number of alkyl halides is 5. The van der Waals surface area contributed by atoms with Gasteiger partial charge in [-0.25, -0.2) is 13.2 Å². The minimum atomic E-state index is -4.91. The molecule has 5 rings (SSSR count). The van der Waals surface area contributed by atoms with Crippen LogP contribution in [0.5, 0.6) is 0 Å². The van der Waals surface area contributed by atoms with E-state index in [9.17, 15) is 35.9 Å². The van der Waals surface area contributed by atoms with Crippen LogP contribution >= 0.6 is 0 Å². The van der Waals surface area contributed by atoms with E-state index in [0.29, 0.717) is 17.9 Å². The van der Waals surface area contributed by atoms with Gasteiger partial charge in [0.15, 0.2) is 0 Å². The summed E-state index contributed by atoms with van der Waals surface area (Å²) in [4.78, 5) is 28.0. The number of nitrogens with zero attached hydrogens (tertiary/aromatic N) is 2. The van der Waals surface area contributed by atoms with Crippen LogP contribution in [0.1, 0.15) is 46.9 Å². The molecule has 194 valence electrons. The number of pyridine rings is 1. The third kappa shape index (κ3) is 4.35. The molecule has 3 aliphatic rings. The molecule has 2 saturated carbocycles. The molecule has 12 heteroatoms. The van der Waals surface area contributed by atoms with Gasteiger partial charge in [-0.1, -0.05) is 12.1 Å². The van der Waals surface area contributed by atoms with Gasteiger partial charge in [0, 0.05) is 43.4 Å². The Balaban J connectivity index is 1.43.